The first-order valence-corrected chi connectivity index (χ1v) is 6.57. The summed E-state index contributed by atoms with van der Waals surface area (Å²) in [7, 11) is 0. The molecule has 2 rings (SSSR count). The molecule has 0 aliphatic carbocycles. The lowest BCUT2D eigenvalue weighted by Crippen LogP contribution is -2.09. The summed E-state index contributed by atoms with van der Waals surface area (Å²) in [5, 5.41) is 0.375. The number of Topliss-reactive ketones (excluding diaryl/α,β-unsaturated/α-hetero) is 1. The molecular weight excluding hydrogens is 338 g/mol. The van der Waals surface area contributed by atoms with Crippen molar-refractivity contribution >= 4 is 33.3 Å². The van der Waals surface area contributed by atoms with Crippen LogP contribution in [0.2, 0.25) is 5.02 Å². The van der Waals surface area contributed by atoms with E-state index in [1.54, 1.807) is 18.2 Å². The number of hydrogen-bond donors (Lipinski definition) is 0. The van der Waals surface area contributed by atoms with Crippen LogP contribution in [0.15, 0.2) is 40.9 Å². The summed E-state index contributed by atoms with van der Waals surface area (Å²) in [4.78, 5) is 11.9. The van der Waals surface area contributed by atoms with Crippen molar-refractivity contribution in [3.05, 3.63) is 68.7 Å². The fraction of sp³-hybridized carbons (Fsp3) is 0.0714. The van der Waals surface area contributed by atoms with E-state index in [1.807, 2.05) is 0 Å². The smallest absolute Gasteiger partial charge is 0.173 e. The molecule has 0 aliphatic heterocycles. The van der Waals surface area contributed by atoms with Crippen molar-refractivity contribution in [2.24, 2.45) is 0 Å². The van der Waals surface area contributed by atoms with E-state index in [9.17, 15) is 13.6 Å². The zero-order chi connectivity index (χ0) is 14.0. The third kappa shape index (κ3) is 3.19. The van der Waals surface area contributed by atoms with Crippen molar-refractivity contribution in [1.29, 1.82) is 0 Å². The lowest BCUT2D eigenvalue weighted by Gasteiger charge is -2.06. The van der Waals surface area contributed by atoms with Crippen molar-refractivity contribution in [3.63, 3.8) is 0 Å². The number of carbonyl (C=O) groups is 1. The second-order valence-corrected chi connectivity index (χ2v) is 5.26. The van der Waals surface area contributed by atoms with E-state index in [-0.39, 0.29) is 6.42 Å². The van der Waals surface area contributed by atoms with Gasteiger partial charge in [0.2, 0.25) is 0 Å². The summed E-state index contributed by atoms with van der Waals surface area (Å²) < 4.78 is 27.7. The van der Waals surface area contributed by atoms with Crippen LogP contribution in [0.3, 0.4) is 0 Å². The molecule has 0 atom stereocenters. The van der Waals surface area contributed by atoms with E-state index in [4.69, 9.17) is 11.6 Å². The monoisotopic (exact) mass is 344 g/mol. The predicted octanol–water partition coefficient (Wildman–Crippen LogP) is 4.81. The van der Waals surface area contributed by atoms with Gasteiger partial charge in [-0.25, -0.2) is 8.78 Å². The SMILES string of the molecule is O=C(Cc1ccc(Br)cc1Cl)c1c(F)cccc1F. The summed E-state index contributed by atoms with van der Waals surface area (Å²) in [6.07, 6.45) is -0.149. The highest BCUT2D eigenvalue weighted by Crippen LogP contribution is 2.23. The first-order chi connectivity index (χ1) is 8.99. The van der Waals surface area contributed by atoms with Crippen LogP contribution in [0.4, 0.5) is 8.78 Å². The lowest BCUT2D eigenvalue weighted by atomic mass is 10.0. The molecule has 0 spiro atoms. The largest absolute Gasteiger partial charge is 0.294 e. The average Bonchev–Trinajstić information content (AvgIpc) is 2.32. The van der Waals surface area contributed by atoms with Crippen molar-refractivity contribution in [2.75, 3.05) is 0 Å². The molecule has 98 valence electrons. The van der Waals surface area contributed by atoms with E-state index in [1.165, 1.54) is 6.07 Å². The van der Waals surface area contributed by atoms with Gasteiger partial charge in [-0.1, -0.05) is 39.7 Å². The summed E-state index contributed by atoms with van der Waals surface area (Å²) in [6.45, 7) is 0. The molecule has 5 heteroatoms. The molecule has 0 aliphatic rings. The van der Waals surface area contributed by atoms with Gasteiger partial charge in [-0.3, -0.25) is 4.79 Å². The standard InChI is InChI=1S/C14H8BrClF2O/c15-9-5-4-8(10(16)7-9)6-13(19)14-11(17)2-1-3-12(14)18/h1-5,7H,6H2. The Kier molecular flexibility index (Phi) is 4.32. The van der Waals surface area contributed by atoms with E-state index in [0.717, 1.165) is 16.6 Å². The maximum Gasteiger partial charge on any atom is 0.173 e. The molecule has 0 bridgehead atoms. The molecule has 19 heavy (non-hydrogen) atoms. The third-order valence-corrected chi connectivity index (χ3v) is 3.45. The van der Waals surface area contributed by atoms with Crippen LogP contribution in [-0.4, -0.2) is 5.78 Å². The molecular formula is C14H8BrClF2O. The fourth-order valence-electron chi connectivity index (χ4n) is 1.69. The summed E-state index contributed by atoms with van der Waals surface area (Å²) in [5.74, 6) is -2.36. The maximum atomic E-state index is 13.5. The van der Waals surface area contributed by atoms with E-state index < -0.39 is 23.0 Å². The molecule has 1 nitrogen and oxygen atoms in total. The van der Waals surface area contributed by atoms with Crippen molar-refractivity contribution in [3.8, 4) is 0 Å². The molecule has 0 heterocycles. The first kappa shape index (κ1) is 14.2. The number of rotatable bonds is 3. The molecule has 2 aromatic rings. The molecule has 0 unspecified atom stereocenters. The van der Waals surface area contributed by atoms with Crippen LogP contribution in [0, 0.1) is 11.6 Å². The van der Waals surface area contributed by atoms with E-state index in [2.05, 4.69) is 15.9 Å². The van der Waals surface area contributed by atoms with Gasteiger partial charge in [0, 0.05) is 15.9 Å². The fourth-order valence-corrected chi connectivity index (χ4v) is 2.43. The zero-order valence-electron chi connectivity index (χ0n) is 9.59. The Balaban J connectivity index is 2.31. The minimum atomic E-state index is -0.863. The number of ketones is 1. The molecule has 0 radical (unpaired) electrons. The van der Waals surface area contributed by atoms with E-state index >= 15 is 0 Å². The molecule has 0 fully saturated rings. The zero-order valence-corrected chi connectivity index (χ0v) is 11.9. The molecule has 2 aromatic carbocycles. The van der Waals surface area contributed by atoms with Crippen LogP contribution in [-0.2, 0) is 6.42 Å². The Labute approximate surface area is 122 Å². The highest BCUT2D eigenvalue weighted by molar-refractivity contribution is 9.10. The Morgan fingerprint density at radius 3 is 2.37 bits per heavy atom. The molecule has 0 N–H and O–H groups in total. The highest BCUT2D eigenvalue weighted by atomic mass is 79.9. The van der Waals surface area contributed by atoms with Gasteiger partial charge in [0.25, 0.3) is 0 Å². The van der Waals surface area contributed by atoms with Gasteiger partial charge in [0.05, 0.1) is 5.56 Å². The van der Waals surface area contributed by atoms with Crippen LogP contribution in [0.5, 0.6) is 0 Å². The third-order valence-electron chi connectivity index (χ3n) is 2.61. The average molecular weight is 346 g/mol. The van der Waals surface area contributed by atoms with Crippen LogP contribution >= 0.6 is 27.5 Å². The Morgan fingerprint density at radius 2 is 1.79 bits per heavy atom. The van der Waals surface area contributed by atoms with Gasteiger partial charge < -0.3 is 0 Å². The van der Waals surface area contributed by atoms with Gasteiger partial charge >= 0.3 is 0 Å². The van der Waals surface area contributed by atoms with Crippen molar-refractivity contribution in [2.45, 2.75) is 6.42 Å². The van der Waals surface area contributed by atoms with Gasteiger partial charge in [-0.2, -0.15) is 0 Å². The topological polar surface area (TPSA) is 17.1 Å². The highest BCUT2D eigenvalue weighted by Gasteiger charge is 2.18. The van der Waals surface area contributed by atoms with E-state index in [0.29, 0.717) is 10.6 Å². The summed E-state index contributed by atoms with van der Waals surface area (Å²) in [5.41, 5.74) is -0.000921. The van der Waals surface area contributed by atoms with Crippen LogP contribution in [0.1, 0.15) is 15.9 Å². The number of benzene rings is 2. The minimum Gasteiger partial charge on any atom is -0.294 e. The van der Waals surface area contributed by atoms with Crippen LogP contribution in [0.25, 0.3) is 0 Å². The quantitative estimate of drug-likeness (QED) is 0.730. The Hall–Kier alpha value is -1.26. The van der Waals surface area contributed by atoms with Gasteiger partial charge in [0.15, 0.2) is 5.78 Å². The van der Waals surface area contributed by atoms with Gasteiger partial charge in [-0.15, -0.1) is 0 Å². The summed E-state index contributed by atoms with van der Waals surface area (Å²) in [6, 6.07) is 8.31. The predicted molar refractivity (Wildman–Crippen MR) is 73.5 cm³/mol. The minimum absolute atomic E-state index is 0.149. The lowest BCUT2D eigenvalue weighted by molar-refractivity contribution is 0.0985. The number of halogens is 4. The molecule has 0 saturated carbocycles. The van der Waals surface area contributed by atoms with Gasteiger partial charge in [0.1, 0.15) is 11.6 Å². The van der Waals surface area contributed by atoms with Crippen molar-refractivity contribution < 1.29 is 13.6 Å². The maximum absolute atomic E-state index is 13.5. The second-order valence-electron chi connectivity index (χ2n) is 3.93. The first-order valence-electron chi connectivity index (χ1n) is 5.40. The molecule has 0 amide bonds. The summed E-state index contributed by atoms with van der Waals surface area (Å²) >= 11 is 9.21. The number of hydrogen-bond acceptors (Lipinski definition) is 1. The van der Waals surface area contributed by atoms with Gasteiger partial charge in [-0.05, 0) is 29.8 Å². The van der Waals surface area contributed by atoms with Crippen LogP contribution < -0.4 is 0 Å². The Morgan fingerprint density at radius 1 is 1.16 bits per heavy atom. The number of carbonyl (C=O) groups excluding carboxylic acids is 1. The Bertz CT molecular complexity index is 623. The molecule has 0 saturated heterocycles. The van der Waals surface area contributed by atoms with Crippen molar-refractivity contribution in [1.82, 2.24) is 0 Å². The molecule has 0 aromatic heterocycles. The normalized spacial score (nSPS) is 10.5. The second kappa shape index (κ2) is 5.80.